The van der Waals surface area contributed by atoms with Crippen LogP contribution in [0.5, 0.6) is 0 Å². The fourth-order valence-electron chi connectivity index (χ4n) is 2.94. The van der Waals surface area contributed by atoms with E-state index in [1.165, 1.54) is 24.5 Å². The third-order valence-corrected chi connectivity index (χ3v) is 5.02. The number of hydrogen-bond donors (Lipinski definition) is 1. The van der Waals surface area contributed by atoms with Gasteiger partial charge in [0.15, 0.2) is 0 Å². The van der Waals surface area contributed by atoms with E-state index in [4.69, 9.17) is 5.11 Å². The molecule has 0 aliphatic carbocycles. The molecule has 1 aliphatic heterocycles. The molecule has 0 atom stereocenters. The summed E-state index contributed by atoms with van der Waals surface area (Å²) in [6, 6.07) is 6.22. The average molecular weight is 381 g/mol. The minimum absolute atomic E-state index is 0.0527. The first-order valence-electron chi connectivity index (χ1n) is 8.05. The Kier molecular flexibility index (Phi) is 5.55. The van der Waals surface area contributed by atoms with Gasteiger partial charge >= 0.3 is 5.97 Å². The summed E-state index contributed by atoms with van der Waals surface area (Å²) in [5, 5.41) is 13.0. The van der Waals surface area contributed by atoms with Crippen LogP contribution in [0.3, 0.4) is 0 Å². The highest BCUT2D eigenvalue weighted by Gasteiger charge is 2.25. The maximum Gasteiger partial charge on any atom is 0.338 e. The van der Waals surface area contributed by atoms with Crippen LogP contribution >= 0.6 is 11.8 Å². The minimum Gasteiger partial charge on any atom is -0.478 e. The zero-order valence-electron chi connectivity index (χ0n) is 13.7. The van der Waals surface area contributed by atoms with Gasteiger partial charge in [0.25, 0.3) is 11.7 Å². The number of aromatic carboxylic acids is 1. The van der Waals surface area contributed by atoms with Crippen LogP contribution in [-0.4, -0.2) is 50.5 Å². The maximum atomic E-state index is 12.5. The standard InChI is InChI=1S/C17H17F2N3O3S/c18-17(19)26-14-3-1-11(2-4-14)15(23)21-7-5-13(6-8-21)22-10-12(9-20-22)16(24)25/h1-4,9-10,13,17H,5-8H2,(H,24,25). The Hall–Kier alpha value is -2.42. The van der Waals surface area contributed by atoms with Gasteiger partial charge in [-0.3, -0.25) is 9.48 Å². The van der Waals surface area contributed by atoms with E-state index in [0.717, 1.165) is 0 Å². The molecule has 3 rings (SSSR count). The molecule has 1 aromatic heterocycles. The maximum absolute atomic E-state index is 12.5. The first-order chi connectivity index (χ1) is 12.4. The van der Waals surface area contributed by atoms with Crippen molar-refractivity contribution >= 4 is 23.6 Å². The number of likely N-dealkylation sites (tertiary alicyclic amines) is 1. The quantitative estimate of drug-likeness (QED) is 0.804. The van der Waals surface area contributed by atoms with Crippen LogP contribution in [0.1, 0.15) is 39.6 Å². The number of halogens is 2. The normalized spacial score (nSPS) is 15.4. The fraction of sp³-hybridized carbons (Fsp3) is 0.353. The van der Waals surface area contributed by atoms with Crippen LogP contribution in [0.15, 0.2) is 41.6 Å². The first kappa shape index (κ1) is 18.4. The molecule has 1 aliphatic rings. The molecule has 0 radical (unpaired) electrons. The lowest BCUT2D eigenvalue weighted by atomic mass is 10.0. The number of hydrogen-bond acceptors (Lipinski definition) is 4. The van der Waals surface area contributed by atoms with E-state index in [1.54, 1.807) is 21.7 Å². The molecule has 9 heteroatoms. The highest BCUT2D eigenvalue weighted by atomic mass is 32.2. The number of nitrogens with zero attached hydrogens (tertiary/aromatic N) is 3. The van der Waals surface area contributed by atoms with Crippen molar-refractivity contribution in [1.29, 1.82) is 0 Å². The second kappa shape index (κ2) is 7.86. The largest absolute Gasteiger partial charge is 0.478 e. The molecule has 138 valence electrons. The second-order valence-corrected chi connectivity index (χ2v) is 7.00. The molecule has 0 unspecified atom stereocenters. The minimum atomic E-state index is -2.49. The predicted octanol–water partition coefficient (Wildman–Crippen LogP) is 3.37. The molecule has 1 amide bonds. The number of alkyl halides is 2. The van der Waals surface area contributed by atoms with Gasteiger partial charge in [0.1, 0.15) is 0 Å². The fourth-order valence-corrected chi connectivity index (χ4v) is 3.44. The number of carbonyl (C=O) groups excluding carboxylic acids is 1. The van der Waals surface area contributed by atoms with Crippen molar-refractivity contribution < 1.29 is 23.5 Å². The summed E-state index contributed by atoms with van der Waals surface area (Å²) in [4.78, 5) is 25.6. The zero-order chi connectivity index (χ0) is 18.7. The van der Waals surface area contributed by atoms with Gasteiger partial charge in [-0.15, -0.1) is 0 Å². The number of aromatic nitrogens is 2. The Morgan fingerprint density at radius 1 is 1.15 bits per heavy atom. The van der Waals surface area contributed by atoms with Crippen LogP contribution in [-0.2, 0) is 0 Å². The molecule has 0 saturated carbocycles. The lowest BCUT2D eigenvalue weighted by molar-refractivity contribution is 0.0688. The smallest absolute Gasteiger partial charge is 0.338 e. The highest BCUT2D eigenvalue weighted by Crippen LogP contribution is 2.27. The van der Waals surface area contributed by atoms with Crippen LogP contribution in [0.4, 0.5) is 8.78 Å². The van der Waals surface area contributed by atoms with Crippen LogP contribution in [0.2, 0.25) is 0 Å². The Balaban J connectivity index is 1.58. The molecular formula is C17H17F2N3O3S. The molecular weight excluding hydrogens is 364 g/mol. The Morgan fingerprint density at radius 2 is 1.81 bits per heavy atom. The van der Waals surface area contributed by atoms with Crippen molar-refractivity contribution in [2.75, 3.05) is 13.1 Å². The average Bonchev–Trinajstić information content (AvgIpc) is 3.12. The number of benzene rings is 1. The van der Waals surface area contributed by atoms with E-state index < -0.39 is 11.7 Å². The third kappa shape index (κ3) is 4.21. The van der Waals surface area contributed by atoms with Gasteiger partial charge in [-0.05, 0) is 37.1 Å². The number of carboxylic acids is 1. The molecule has 1 aromatic carbocycles. The molecule has 26 heavy (non-hydrogen) atoms. The highest BCUT2D eigenvalue weighted by molar-refractivity contribution is 7.99. The van der Waals surface area contributed by atoms with Gasteiger partial charge < -0.3 is 10.0 Å². The van der Waals surface area contributed by atoms with E-state index >= 15 is 0 Å². The summed E-state index contributed by atoms with van der Waals surface area (Å²) < 4.78 is 26.3. The number of thioether (sulfide) groups is 1. The number of rotatable bonds is 5. The Morgan fingerprint density at radius 3 is 2.35 bits per heavy atom. The third-order valence-electron chi connectivity index (χ3n) is 4.30. The van der Waals surface area contributed by atoms with Gasteiger partial charge in [0, 0.05) is 29.7 Å². The van der Waals surface area contributed by atoms with E-state index in [1.807, 2.05) is 0 Å². The van der Waals surface area contributed by atoms with Gasteiger partial charge in [-0.2, -0.15) is 13.9 Å². The van der Waals surface area contributed by atoms with Crippen molar-refractivity contribution in [2.45, 2.75) is 29.5 Å². The number of amides is 1. The van der Waals surface area contributed by atoms with Crippen molar-refractivity contribution in [3.8, 4) is 0 Å². The lowest BCUT2D eigenvalue weighted by Gasteiger charge is -2.32. The van der Waals surface area contributed by atoms with E-state index in [9.17, 15) is 18.4 Å². The van der Waals surface area contributed by atoms with Crippen molar-refractivity contribution in [3.63, 3.8) is 0 Å². The van der Waals surface area contributed by atoms with Gasteiger partial charge in [0.05, 0.1) is 17.8 Å². The predicted molar refractivity (Wildman–Crippen MR) is 91.7 cm³/mol. The SMILES string of the molecule is O=C(O)c1cnn(C2CCN(C(=O)c3ccc(SC(F)F)cc3)CC2)c1. The molecule has 2 heterocycles. The molecule has 2 aromatic rings. The number of carbonyl (C=O) groups is 2. The van der Waals surface area contributed by atoms with Crippen molar-refractivity contribution in [2.24, 2.45) is 0 Å². The molecule has 1 saturated heterocycles. The summed E-state index contributed by atoms with van der Waals surface area (Å²) in [7, 11) is 0. The zero-order valence-corrected chi connectivity index (χ0v) is 14.5. The molecule has 1 N–H and O–H groups in total. The van der Waals surface area contributed by atoms with Crippen molar-refractivity contribution in [1.82, 2.24) is 14.7 Å². The van der Waals surface area contributed by atoms with Crippen LogP contribution in [0, 0.1) is 0 Å². The summed E-state index contributed by atoms with van der Waals surface area (Å²) in [5.74, 6) is -3.64. The monoisotopic (exact) mass is 381 g/mol. The summed E-state index contributed by atoms with van der Waals surface area (Å²) in [6.45, 7) is 1.05. The molecule has 0 spiro atoms. The first-order valence-corrected chi connectivity index (χ1v) is 8.93. The Labute approximate surface area is 152 Å². The van der Waals surface area contributed by atoms with E-state index in [0.29, 0.717) is 48.2 Å². The Bertz CT molecular complexity index is 787. The summed E-state index contributed by atoms with van der Waals surface area (Å²) in [6.07, 6.45) is 4.17. The van der Waals surface area contributed by atoms with Crippen LogP contribution < -0.4 is 0 Å². The number of carboxylic acid groups (broad SMARTS) is 1. The second-order valence-electron chi connectivity index (χ2n) is 5.94. The van der Waals surface area contributed by atoms with Gasteiger partial charge in [-0.1, -0.05) is 11.8 Å². The van der Waals surface area contributed by atoms with E-state index in [2.05, 4.69) is 5.10 Å². The molecule has 0 bridgehead atoms. The molecule has 1 fully saturated rings. The summed E-state index contributed by atoms with van der Waals surface area (Å²) >= 11 is 0.447. The topological polar surface area (TPSA) is 75.4 Å². The summed E-state index contributed by atoms with van der Waals surface area (Å²) in [5.41, 5.74) is 0.611. The van der Waals surface area contributed by atoms with Gasteiger partial charge in [0.2, 0.25) is 0 Å². The van der Waals surface area contributed by atoms with E-state index in [-0.39, 0.29) is 17.5 Å². The lowest BCUT2D eigenvalue weighted by Crippen LogP contribution is -2.39. The molecule has 6 nitrogen and oxygen atoms in total. The number of piperidine rings is 1. The van der Waals surface area contributed by atoms with Gasteiger partial charge in [-0.25, -0.2) is 4.79 Å². The van der Waals surface area contributed by atoms with Crippen molar-refractivity contribution in [3.05, 3.63) is 47.8 Å². The van der Waals surface area contributed by atoms with Crippen LogP contribution in [0.25, 0.3) is 0 Å².